The van der Waals surface area contributed by atoms with Crippen LogP contribution in [0.15, 0.2) is 18.2 Å². The zero-order chi connectivity index (χ0) is 17.3. The van der Waals surface area contributed by atoms with E-state index in [4.69, 9.17) is 5.73 Å². The number of anilines is 2. The summed E-state index contributed by atoms with van der Waals surface area (Å²) in [6.07, 6.45) is 4.61. The zero-order valence-corrected chi connectivity index (χ0v) is 14.8. The lowest BCUT2D eigenvalue weighted by molar-refractivity contribution is 0.104. The lowest BCUT2D eigenvalue weighted by Gasteiger charge is -2.11. The Hall–Kier alpha value is -2.32. The smallest absolute Gasteiger partial charge is 0.205 e. The molecule has 124 valence electrons. The number of nitrogens with zero attached hydrogens (tertiary/aromatic N) is 1. The fraction of sp³-hybridized carbons (Fsp3) is 0.368. The molecule has 0 amide bonds. The monoisotopic (exact) mass is 339 g/mol. The molecule has 0 atom stereocenters. The molecule has 1 fully saturated rings. The maximum absolute atomic E-state index is 12.9. The highest BCUT2D eigenvalue weighted by atomic mass is 32.1. The van der Waals surface area contributed by atoms with Gasteiger partial charge in [0.25, 0.3) is 0 Å². The molecule has 4 nitrogen and oxygen atoms in total. The molecule has 0 spiro atoms. The Labute approximate surface area is 146 Å². The highest BCUT2D eigenvalue weighted by molar-refractivity contribution is 7.19. The van der Waals surface area contributed by atoms with Gasteiger partial charge in [-0.05, 0) is 32.3 Å². The lowest BCUT2D eigenvalue weighted by Crippen LogP contribution is -2.14. The third-order valence-electron chi connectivity index (χ3n) is 4.58. The van der Waals surface area contributed by atoms with Crippen LogP contribution < -0.4 is 11.1 Å². The van der Waals surface area contributed by atoms with Crippen molar-refractivity contribution < 1.29 is 4.79 Å². The Balaban J connectivity index is 1.97. The van der Waals surface area contributed by atoms with Gasteiger partial charge in [-0.3, -0.25) is 4.79 Å². The van der Waals surface area contributed by atoms with Gasteiger partial charge in [0.15, 0.2) is 0 Å². The van der Waals surface area contributed by atoms with E-state index >= 15 is 0 Å². The first-order chi connectivity index (χ1) is 11.5. The zero-order valence-electron chi connectivity index (χ0n) is 14.0. The van der Waals surface area contributed by atoms with Crippen molar-refractivity contribution in [3.8, 4) is 6.07 Å². The van der Waals surface area contributed by atoms with Gasteiger partial charge in [0.1, 0.15) is 21.5 Å². The molecule has 1 aromatic heterocycles. The third-order valence-corrected chi connectivity index (χ3v) is 5.72. The summed E-state index contributed by atoms with van der Waals surface area (Å²) in [5.41, 5.74) is 9.52. The van der Waals surface area contributed by atoms with Gasteiger partial charge in [0.05, 0.1) is 5.69 Å². The number of hydrogen-bond acceptors (Lipinski definition) is 5. The normalized spacial score (nSPS) is 14.5. The Morgan fingerprint density at radius 2 is 2.04 bits per heavy atom. The molecule has 1 heterocycles. The number of aryl methyl sites for hydroxylation is 2. The second kappa shape index (κ2) is 6.66. The SMILES string of the molecule is Cc1ccc(C(=O)c2sc(NC3CCCC3)c(C#N)c2N)c(C)c1. The van der Waals surface area contributed by atoms with Crippen LogP contribution >= 0.6 is 11.3 Å². The van der Waals surface area contributed by atoms with Crippen LogP contribution in [0.2, 0.25) is 0 Å². The maximum Gasteiger partial charge on any atom is 0.205 e. The van der Waals surface area contributed by atoms with Crippen LogP contribution in [0, 0.1) is 25.2 Å². The Bertz CT molecular complexity index is 826. The minimum atomic E-state index is -0.106. The number of thiophene rings is 1. The second-order valence-corrected chi connectivity index (χ2v) is 7.45. The van der Waals surface area contributed by atoms with E-state index in [1.165, 1.54) is 24.2 Å². The predicted molar refractivity (Wildman–Crippen MR) is 98.7 cm³/mol. The number of carbonyl (C=O) groups excluding carboxylic acids is 1. The van der Waals surface area contributed by atoms with Gasteiger partial charge >= 0.3 is 0 Å². The van der Waals surface area contributed by atoms with Crippen LogP contribution in [-0.4, -0.2) is 11.8 Å². The number of hydrogen-bond donors (Lipinski definition) is 2. The molecule has 5 heteroatoms. The van der Waals surface area contributed by atoms with Crippen LogP contribution in [-0.2, 0) is 0 Å². The quantitative estimate of drug-likeness (QED) is 0.809. The first kappa shape index (κ1) is 16.5. The van der Waals surface area contributed by atoms with Gasteiger partial charge < -0.3 is 11.1 Å². The molecule has 0 radical (unpaired) electrons. The van der Waals surface area contributed by atoms with Crippen molar-refractivity contribution >= 4 is 27.8 Å². The number of carbonyl (C=O) groups is 1. The van der Waals surface area contributed by atoms with Crippen molar-refractivity contribution in [3.05, 3.63) is 45.3 Å². The summed E-state index contributed by atoms with van der Waals surface area (Å²) < 4.78 is 0. The minimum absolute atomic E-state index is 0.106. The van der Waals surface area contributed by atoms with E-state index in [0.29, 0.717) is 27.7 Å². The topological polar surface area (TPSA) is 78.9 Å². The number of ketones is 1. The summed E-state index contributed by atoms with van der Waals surface area (Å²) in [7, 11) is 0. The van der Waals surface area contributed by atoms with Crippen molar-refractivity contribution in [2.45, 2.75) is 45.6 Å². The highest BCUT2D eigenvalue weighted by Crippen LogP contribution is 2.38. The molecule has 2 aromatic rings. The average molecular weight is 339 g/mol. The molecule has 0 bridgehead atoms. The first-order valence-electron chi connectivity index (χ1n) is 8.22. The van der Waals surface area contributed by atoms with E-state index < -0.39 is 0 Å². The standard InChI is InChI=1S/C19H21N3OS/c1-11-7-8-14(12(2)9-11)17(23)18-16(21)15(10-20)19(24-18)22-13-5-3-4-6-13/h7-9,13,22H,3-6,21H2,1-2H3. The number of nitrogens with two attached hydrogens (primary N) is 1. The lowest BCUT2D eigenvalue weighted by atomic mass is 10.0. The van der Waals surface area contributed by atoms with E-state index in [9.17, 15) is 10.1 Å². The van der Waals surface area contributed by atoms with Crippen LogP contribution in [0.4, 0.5) is 10.7 Å². The summed E-state index contributed by atoms with van der Waals surface area (Å²) >= 11 is 1.31. The fourth-order valence-corrected chi connectivity index (χ4v) is 4.37. The van der Waals surface area contributed by atoms with Gasteiger partial charge in [-0.2, -0.15) is 5.26 Å². The molecule has 1 aliphatic carbocycles. The van der Waals surface area contributed by atoms with E-state index in [-0.39, 0.29) is 5.78 Å². The van der Waals surface area contributed by atoms with Crippen molar-refractivity contribution in [2.24, 2.45) is 0 Å². The molecule has 1 saturated carbocycles. The summed E-state index contributed by atoms with van der Waals surface area (Å²) in [6.45, 7) is 3.92. The molecule has 24 heavy (non-hydrogen) atoms. The third kappa shape index (κ3) is 3.02. The number of nitrogen functional groups attached to an aromatic ring is 1. The van der Waals surface area contributed by atoms with Crippen LogP contribution in [0.3, 0.4) is 0 Å². The molecular formula is C19H21N3OS. The molecule has 0 unspecified atom stereocenters. The van der Waals surface area contributed by atoms with Gasteiger partial charge in [-0.15, -0.1) is 11.3 Å². The van der Waals surface area contributed by atoms with Crippen LogP contribution in [0.5, 0.6) is 0 Å². The number of benzene rings is 1. The maximum atomic E-state index is 12.9. The average Bonchev–Trinajstić information content (AvgIpc) is 3.15. The number of rotatable bonds is 4. The molecule has 3 rings (SSSR count). The van der Waals surface area contributed by atoms with Crippen molar-refractivity contribution in [1.29, 1.82) is 5.26 Å². The molecule has 1 aliphatic rings. The Morgan fingerprint density at radius 3 is 2.67 bits per heavy atom. The number of nitriles is 1. The van der Waals surface area contributed by atoms with Gasteiger partial charge in [-0.25, -0.2) is 0 Å². The molecule has 0 saturated heterocycles. The summed E-state index contributed by atoms with van der Waals surface area (Å²) in [5.74, 6) is -0.106. The summed E-state index contributed by atoms with van der Waals surface area (Å²) in [6, 6.07) is 8.28. The Kier molecular flexibility index (Phi) is 4.59. The molecule has 0 aliphatic heterocycles. The van der Waals surface area contributed by atoms with Gasteiger partial charge in [0, 0.05) is 11.6 Å². The molecule has 1 aromatic carbocycles. The van der Waals surface area contributed by atoms with Crippen molar-refractivity contribution in [1.82, 2.24) is 0 Å². The van der Waals surface area contributed by atoms with Crippen molar-refractivity contribution in [2.75, 3.05) is 11.1 Å². The molecule has 3 N–H and O–H groups in total. The predicted octanol–water partition coefficient (Wildman–Crippen LogP) is 4.40. The second-order valence-electron chi connectivity index (χ2n) is 6.43. The number of nitrogens with one attached hydrogen (secondary N) is 1. The van der Waals surface area contributed by atoms with Crippen LogP contribution in [0.1, 0.15) is 57.6 Å². The fourth-order valence-electron chi connectivity index (χ4n) is 3.27. The largest absolute Gasteiger partial charge is 0.396 e. The summed E-state index contributed by atoms with van der Waals surface area (Å²) in [5, 5.41) is 13.6. The summed E-state index contributed by atoms with van der Waals surface area (Å²) in [4.78, 5) is 13.4. The highest BCUT2D eigenvalue weighted by Gasteiger charge is 2.25. The van der Waals surface area contributed by atoms with E-state index in [1.54, 1.807) is 0 Å². The van der Waals surface area contributed by atoms with Crippen molar-refractivity contribution in [3.63, 3.8) is 0 Å². The Morgan fingerprint density at radius 1 is 1.33 bits per heavy atom. The van der Waals surface area contributed by atoms with E-state index in [2.05, 4.69) is 11.4 Å². The van der Waals surface area contributed by atoms with E-state index in [1.807, 2.05) is 32.0 Å². The van der Waals surface area contributed by atoms with Crippen LogP contribution in [0.25, 0.3) is 0 Å². The van der Waals surface area contributed by atoms with Gasteiger partial charge in [-0.1, -0.05) is 36.6 Å². The molecular weight excluding hydrogens is 318 g/mol. The van der Waals surface area contributed by atoms with E-state index in [0.717, 1.165) is 29.0 Å². The van der Waals surface area contributed by atoms with Gasteiger partial charge in [0.2, 0.25) is 5.78 Å². The minimum Gasteiger partial charge on any atom is -0.396 e. The first-order valence-corrected chi connectivity index (χ1v) is 9.03.